The second-order valence-corrected chi connectivity index (χ2v) is 10.8. The van der Waals surface area contributed by atoms with Crippen LogP contribution in [0.5, 0.6) is 5.75 Å². The molecule has 0 bridgehead atoms. The molecule has 0 spiro atoms. The van der Waals surface area contributed by atoms with Crippen LogP contribution < -0.4 is 10.6 Å². The topological polar surface area (TPSA) is 149 Å². The first-order valence-electron chi connectivity index (χ1n) is 13.8. The fraction of sp³-hybridized carbons (Fsp3) is 0.467. The summed E-state index contributed by atoms with van der Waals surface area (Å²) in [6, 6.07) is 11.1. The minimum Gasteiger partial charge on any atom is -0.507 e. The van der Waals surface area contributed by atoms with Gasteiger partial charge in [-0.3, -0.25) is 19.2 Å². The molecule has 2 unspecified atom stereocenters. The Bertz CT molecular complexity index is 1270. The van der Waals surface area contributed by atoms with Crippen LogP contribution in [0.15, 0.2) is 54.6 Å². The summed E-state index contributed by atoms with van der Waals surface area (Å²) in [5.74, 6) is -3.50. The Morgan fingerprint density at radius 1 is 1.00 bits per heavy atom. The lowest BCUT2D eigenvalue weighted by Gasteiger charge is -2.44. The molecule has 4 N–H and O–H groups in total. The predicted octanol–water partition coefficient (Wildman–Crippen LogP) is 0.692. The van der Waals surface area contributed by atoms with Crippen LogP contribution in [-0.4, -0.2) is 101 Å². The lowest BCUT2D eigenvalue weighted by Crippen LogP contribution is -2.66. The summed E-state index contributed by atoms with van der Waals surface area (Å²) in [7, 11) is 3.02. The van der Waals surface area contributed by atoms with E-state index < -0.39 is 65.9 Å². The van der Waals surface area contributed by atoms with Gasteiger partial charge in [-0.2, -0.15) is 0 Å². The van der Waals surface area contributed by atoms with E-state index in [1.165, 1.54) is 36.0 Å². The van der Waals surface area contributed by atoms with Crippen LogP contribution in [0.25, 0.3) is 0 Å². The predicted molar refractivity (Wildman–Crippen MR) is 150 cm³/mol. The zero-order chi connectivity index (χ0) is 29.8. The van der Waals surface area contributed by atoms with Crippen molar-refractivity contribution in [2.45, 2.75) is 63.1 Å². The number of phenolic OH excluding ortho intramolecular Hbond substituents is 1. The number of nitrogens with zero attached hydrogens (tertiary/aromatic N) is 2. The summed E-state index contributed by atoms with van der Waals surface area (Å²) in [5.41, 5.74) is 0.793. The summed E-state index contributed by atoms with van der Waals surface area (Å²) >= 11 is 0. The summed E-state index contributed by atoms with van der Waals surface area (Å²) < 4.78 is 5.63. The molecule has 0 aromatic heterocycles. The van der Waals surface area contributed by atoms with Crippen LogP contribution in [0.1, 0.15) is 36.2 Å². The molecule has 2 aliphatic rings. The van der Waals surface area contributed by atoms with Crippen molar-refractivity contribution in [3.8, 4) is 5.75 Å². The van der Waals surface area contributed by atoms with Crippen molar-refractivity contribution in [3.05, 3.63) is 65.7 Å². The van der Waals surface area contributed by atoms with Crippen molar-refractivity contribution in [1.82, 2.24) is 20.4 Å². The summed E-state index contributed by atoms with van der Waals surface area (Å²) in [6.07, 6.45) is -1.07. The highest BCUT2D eigenvalue weighted by molar-refractivity contribution is 6.00. The molecule has 2 aromatic carbocycles. The molecule has 4 amide bonds. The zero-order valence-electron chi connectivity index (χ0n) is 23.7. The van der Waals surface area contributed by atoms with Gasteiger partial charge in [0.25, 0.3) is 5.91 Å². The quantitative estimate of drug-likeness (QED) is 0.416. The monoisotopic (exact) mass is 566 g/mol. The van der Waals surface area contributed by atoms with Gasteiger partial charge in [0.2, 0.25) is 17.7 Å². The Morgan fingerprint density at radius 2 is 1.63 bits per heavy atom. The lowest BCUT2D eigenvalue weighted by molar-refractivity contribution is -0.165. The Morgan fingerprint density at radius 3 is 2.24 bits per heavy atom. The van der Waals surface area contributed by atoms with Crippen LogP contribution in [0.4, 0.5) is 0 Å². The van der Waals surface area contributed by atoms with E-state index in [2.05, 4.69) is 10.6 Å². The van der Waals surface area contributed by atoms with Crippen molar-refractivity contribution in [2.75, 3.05) is 20.7 Å². The van der Waals surface area contributed by atoms with Gasteiger partial charge in [-0.15, -0.1) is 0 Å². The molecule has 7 atom stereocenters. The second kappa shape index (κ2) is 12.7. The highest BCUT2D eigenvalue weighted by atomic mass is 16.5. The highest BCUT2D eigenvalue weighted by Crippen LogP contribution is 2.26. The third-order valence-electron chi connectivity index (χ3n) is 8.20. The normalized spacial score (nSPS) is 29.6. The van der Waals surface area contributed by atoms with E-state index in [9.17, 15) is 29.4 Å². The number of phenols is 1. The first-order valence-corrected chi connectivity index (χ1v) is 13.8. The molecule has 2 saturated heterocycles. The van der Waals surface area contributed by atoms with Crippen LogP contribution in [0.2, 0.25) is 0 Å². The average Bonchev–Trinajstić information content (AvgIpc) is 2.94. The fourth-order valence-electron chi connectivity index (χ4n) is 5.35. The molecular formula is C30H38N4O7. The number of ether oxygens (including phenoxy) is 1. The number of benzene rings is 2. The standard InChI is InChI=1S/C30H38N4O7/c1-17-26(36)21(16-19-10-6-5-7-11-19)31-28(38)24(32-27(37)20-12-8-9-13-22(20)35)18(2)33(3)30(40)25(23-14-15-41-23)34(4)29(17)39/h5-13,17-18,21,23-26,35-36H,14-16H2,1-4H3,(H,31,38)(H,32,37)/t17-,18-,21+,23?,24+,25?,26+/m1/s1. The Hall–Kier alpha value is -3.96. The van der Waals surface area contributed by atoms with E-state index in [1.54, 1.807) is 26.0 Å². The maximum Gasteiger partial charge on any atom is 0.255 e. The molecule has 11 heteroatoms. The molecule has 2 aliphatic heterocycles. The number of nitrogens with one attached hydrogen (secondary N) is 2. The highest BCUT2D eigenvalue weighted by Gasteiger charge is 2.46. The second-order valence-electron chi connectivity index (χ2n) is 10.8. The number of amides is 4. The number of hydrogen-bond donors (Lipinski definition) is 4. The van der Waals surface area contributed by atoms with Crippen LogP contribution in [0.3, 0.4) is 0 Å². The van der Waals surface area contributed by atoms with E-state index in [-0.39, 0.29) is 17.7 Å². The van der Waals surface area contributed by atoms with Crippen molar-refractivity contribution in [1.29, 1.82) is 0 Å². The number of para-hydroxylation sites is 1. The number of aliphatic hydroxyl groups excluding tert-OH is 1. The zero-order valence-corrected chi connectivity index (χ0v) is 23.7. The summed E-state index contributed by atoms with van der Waals surface area (Å²) in [4.78, 5) is 57.2. The van der Waals surface area contributed by atoms with Crippen LogP contribution in [-0.2, 0) is 25.5 Å². The molecule has 2 fully saturated rings. The van der Waals surface area contributed by atoms with Crippen molar-refractivity contribution in [3.63, 3.8) is 0 Å². The van der Waals surface area contributed by atoms with Crippen molar-refractivity contribution < 1.29 is 34.1 Å². The molecule has 41 heavy (non-hydrogen) atoms. The van der Waals surface area contributed by atoms with Gasteiger partial charge >= 0.3 is 0 Å². The molecule has 2 heterocycles. The van der Waals surface area contributed by atoms with Gasteiger partial charge in [0, 0.05) is 20.7 Å². The van der Waals surface area contributed by atoms with Crippen molar-refractivity contribution >= 4 is 23.6 Å². The minimum atomic E-state index is -1.31. The average molecular weight is 567 g/mol. The van der Waals surface area contributed by atoms with Crippen LogP contribution >= 0.6 is 0 Å². The Balaban J connectivity index is 1.74. The molecule has 0 radical (unpaired) electrons. The third kappa shape index (κ3) is 6.36. The molecule has 2 aromatic rings. The van der Waals surface area contributed by atoms with E-state index >= 15 is 0 Å². The largest absolute Gasteiger partial charge is 0.507 e. The third-order valence-corrected chi connectivity index (χ3v) is 8.20. The number of hydrogen-bond acceptors (Lipinski definition) is 7. The molecule has 0 aliphatic carbocycles. The number of rotatable bonds is 5. The van der Waals surface area contributed by atoms with Gasteiger partial charge in [0.1, 0.15) is 17.8 Å². The maximum absolute atomic E-state index is 13.9. The first-order chi connectivity index (χ1) is 19.5. The molecular weight excluding hydrogens is 528 g/mol. The molecule has 0 saturated carbocycles. The number of aromatic hydroxyl groups is 1. The van der Waals surface area contributed by atoms with E-state index in [4.69, 9.17) is 4.74 Å². The van der Waals surface area contributed by atoms with Gasteiger partial charge < -0.3 is 35.4 Å². The van der Waals surface area contributed by atoms with Crippen molar-refractivity contribution in [2.24, 2.45) is 5.92 Å². The number of carbonyl (C=O) groups is 4. The van der Waals surface area contributed by atoms with E-state index in [0.29, 0.717) is 13.0 Å². The smallest absolute Gasteiger partial charge is 0.255 e. The van der Waals surface area contributed by atoms with Gasteiger partial charge in [-0.05, 0) is 37.5 Å². The first kappa shape index (κ1) is 30.0. The SMILES string of the molecule is C[C@@H]1[C@H](NC(=O)c2ccccc2O)C(=O)N[C@@H](Cc2ccccc2)[C@@H](O)[C@@H](C)C(=O)N(C)C(C2CCO2)C(=O)N1C. The van der Waals surface area contributed by atoms with Gasteiger partial charge in [0.05, 0.1) is 35.8 Å². The molecule has 4 rings (SSSR count). The van der Waals surface area contributed by atoms with Crippen LogP contribution in [0, 0.1) is 5.92 Å². The number of carbonyl (C=O) groups excluding carboxylic acids is 4. The minimum absolute atomic E-state index is 0.0341. The van der Waals surface area contributed by atoms with Gasteiger partial charge in [-0.25, -0.2) is 0 Å². The maximum atomic E-state index is 13.9. The lowest BCUT2D eigenvalue weighted by atomic mass is 9.89. The summed E-state index contributed by atoms with van der Waals surface area (Å²) in [6.45, 7) is 3.63. The van der Waals surface area contributed by atoms with E-state index in [1.807, 2.05) is 30.3 Å². The summed E-state index contributed by atoms with van der Waals surface area (Å²) in [5, 5.41) is 27.2. The fourth-order valence-corrected chi connectivity index (χ4v) is 5.35. The van der Waals surface area contributed by atoms with Gasteiger partial charge in [0.15, 0.2) is 0 Å². The Kier molecular flexibility index (Phi) is 9.29. The number of aliphatic hydroxyl groups is 1. The Labute approximate surface area is 239 Å². The number of likely N-dealkylation sites (N-methyl/N-ethyl adjacent to an activating group) is 2. The van der Waals surface area contributed by atoms with Gasteiger partial charge in [-0.1, -0.05) is 49.4 Å². The van der Waals surface area contributed by atoms with E-state index in [0.717, 1.165) is 5.56 Å². The molecule has 11 nitrogen and oxygen atoms in total. The molecule has 220 valence electrons.